The summed E-state index contributed by atoms with van der Waals surface area (Å²) in [5.41, 5.74) is 6.13. The highest BCUT2D eigenvalue weighted by atomic mass is 32.1. The van der Waals surface area contributed by atoms with Crippen LogP contribution in [-0.2, 0) is 4.74 Å². The van der Waals surface area contributed by atoms with Crippen LogP contribution < -0.4 is 15.8 Å². The van der Waals surface area contributed by atoms with E-state index in [4.69, 9.17) is 15.2 Å². The predicted octanol–water partition coefficient (Wildman–Crippen LogP) is 0.991. The van der Waals surface area contributed by atoms with E-state index in [9.17, 15) is 4.79 Å². The average Bonchev–Trinajstić information content (AvgIpc) is 2.92. The third-order valence-electron chi connectivity index (χ3n) is 4.03. The van der Waals surface area contributed by atoms with Gasteiger partial charge in [-0.15, -0.1) is 11.3 Å². The Kier molecular flexibility index (Phi) is 3.47. The van der Waals surface area contributed by atoms with Gasteiger partial charge in [0.15, 0.2) is 0 Å². The van der Waals surface area contributed by atoms with Crippen LogP contribution in [0.25, 0.3) is 0 Å². The van der Waals surface area contributed by atoms with Gasteiger partial charge in [-0.3, -0.25) is 4.79 Å². The van der Waals surface area contributed by atoms with Gasteiger partial charge in [0.25, 0.3) is 5.91 Å². The van der Waals surface area contributed by atoms with Crippen LogP contribution >= 0.6 is 11.3 Å². The van der Waals surface area contributed by atoms with E-state index in [1.54, 1.807) is 13.2 Å². The average molecular weight is 282 g/mol. The number of carbonyl (C=O) groups is 1. The number of rotatable bonds is 3. The Morgan fingerprint density at radius 2 is 2.47 bits per heavy atom. The van der Waals surface area contributed by atoms with Gasteiger partial charge in [-0.05, 0) is 24.3 Å². The van der Waals surface area contributed by atoms with E-state index in [1.807, 2.05) is 5.38 Å². The Morgan fingerprint density at radius 1 is 1.63 bits per heavy atom. The zero-order valence-electron chi connectivity index (χ0n) is 10.8. The minimum atomic E-state index is -0.125. The smallest absolute Gasteiger partial charge is 0.265 e. The quantitative estimate of drug-likeness (QED) is 0.867. The SMILES string of the molecule is COc1ccsc1C(=O)NC1C(N)C2CCCOC21. The molecule has 4 atom stereocenters. The molecule has 1 aromatic heterocycles. The fourth-order valence-electron chi connectivity index (χ4n) is 2.97. The number of amides is 1. The second-order valence-electron chi connectivity index (χ2n) is 5.04. The van der Waals surface area contributed by atoms with Gasteiger partial charge in [0, 0.05) is 18.6 Å². The van der Waals surface area contributed by atoms with E-state index in [2.05, 4.69) is 5.32 Å². The van der Waals surface area contributed by atoms with E-state index in [0.717, 1.165) is 19.4 Å². The molecular formula is C13H18N2O3S. The molecule has 104 valence electrons. The fourth-order valence-corrected chi connectivity index (χ4v) is 3.73. The first-order chi connectivity index (χ1) is 9.22. The topological polar surface area (TPSA) is 73.6 Å². The van der Waals surface area contributed by atoms with E-state index in [1.165, 1.54) is 11.3 Å². The number of nitrogens with two attached hydrogens (primary N) is 1. The molecule has 1 aliphatic heterocycles. The minimum absolute atomic E-state index is 0.000192. The standard InChI is InChI=1S/C13H18N2O3S/c1-17-8-4-6-19-12(8)13(16)15-10-9(14)7-3-2-5-18-11(7)10/h4,6-7,9-11H,2-3,5,14H2,1H3,(H,15,16). The molecule has 2 fully saturated rings. The first-order valence-corrected chi connectivity index (χ1v) is 7.40. The first kappa shape index (κ1) is 12.9. The fraction of sp³-hybridized carbons (Fsp3) is 0.615. The molecule has 3 rings (SSSR count). The third-order valence-corrected chi connectivity index (χ3v) is 4.92. The maximum absolute atomic E-state index is 12.2. The van der Waals surface area contributed by atoms with E-state index >= 15 is 0 Å². The van der Waals surface area contributed by atoms with Crippen molar-refractivity contribution in [3.8, 4) is 5.75 Å². The third kappa shape index (κ3) is 2.13. The highest BCUT2D eigenvalue weighted by Gasteiger charge is 2.51. The maximum Gasteiger partial charge on any atom is 0.265 e. The Labute approximate surface area is 116 Å². The minimum Gasteiger partial charge on any atom is -0.495 e. The van der Waals surface area contributed by atoms with Crippen LogP contribution in [0.2, 0.25) is 0 Å². The summed E-state index contributed by atoms with van der Waals surface area (Å²) in [6.07, 6.45) is 2.24. The van der Waals surface area contributed by atoms with E-state index in [0.29, 0.717) is 16.5 Å². The summed E-state index contributed by atoms with van der Waals surface area (Å²) in [5.74, 6) is 0.876. The van der Waals surface area contributed by atoms with Crippen LogP contribution in [0.5, 0.6) is 5.75 Å². The van der Waals surface area contributed by atoms with Crippen molar-refractivity contribution in [1.29, 1.82) is 0 Å². The van der Waals surface area contributed by atoms with E-state index < -0.39 is 0 Å². The van der Waals surface area contributed by atoms with Crippen LogP contribution in [0.1, 0.15) is 22.5 Å². The van der Waals surface area contributed by atoms with E-state index in [-0.39, 0.29) is 24.1 Å². The molecule has 1 saturated carbocycles. The zero-order valence-corrected chi connectivity index (χ0v) is 11.6. The highest BCUT2D eigenvalue weighted by molar-refractivity contribution is 7.12. The lowest BCUT2D eigenvalue weighted by Crippen LogP contribution is -2.72. The second kappa shape index (κ2) is 5.11. The molecule has 0 spiro atoms. The van der Waals surface area contributed by atoms with Gasteiger partial charge < -0.3 is 20.5 Å². The van der Waals surface area contributed by atoms with Gasteiger partial charge in [-0.25, -0.2) is 0 Å². The normalized spacial score (nSPS) is 33.2. The molecule has 1 aromatic rings. The van der Waals surface area contributed by atoms with Gasteiger partial charge in [-0.2, -0.15) is 0 Å². The van der Waals surface area contributed by atoms with Gasteiger partial charge in [0.2, 0.25) is 0 Å². The summed E-state index contributed by atoms with van der Waals surface area (Å²) < 4.78 is 10.9. The van der Waals surface area contributed by atoms with Gasteiger partial charge in [0.1, 0.15) is 10.6 Å². The molecule has 6 heteroatoms. The summed E-state index contributed by atoms with van der Waals surface area (Å²) in [6.45, 7) is 0.766. The molecule has 0 radical (unpaired) electrons. The van der Waals surface area contributed by atoms with Crippen LogP contribution in [0.4, 0.5) is 0 Å². The lowest BCUT2D eigenvalue weighted by molar-refractivity contribution is -0.117. The summed E-state index contributed by atoms with van der Waals surface area (Å²) in [4.78, 5) is 12.8. The maximum atomic E-state index is 12.2. The van der Waals surface area contributed by atoms with Crippen LogP contribution in [0.3, 0.4) is 0 Å². The largest absolute Gasteiger partial charge is 0.495 e. The Balaban J connectivity index is 1.67. The number of thiophene rings is 1. The number of carbonyl (C=O) groups excluding carboxylic acids is 1. The van der Waals surface area contributed by atoms with Crippen molar-refractivity contribution in [2.75, 3.05) is 13.7 Å². The molecular weight excluding hydrogens is 264 g/mol. The van der Waals surface area contributed by atoms with Crippen LogP contribution in [0.15, 0.2) is 11.4 Å². The molecule has 5 nitrogen and oxygen atoms in total. The van der Waals surface area contributed by atoms with Gasteiger partial charge in [-0.1, -0.05) is 0 Å². The van der Waals surface area contributed by atoms with Crippen molar-refractivity contribution in [2.24, 2.45) is 11.7 Å². The molecule has 19 heavy (non-hydrogen) atoms. The highest BCUT2D eigenvalue weighted by Crippen LogP contribution is 2.37. The zero-order chi connectivity index (χ0) is 13.4. The number of nitrogens with one attached hydrogen (secondary N) is 1. The summed E-state index contributed by atoms with van der Waals surface area (Å²) in [7, 11) is 1.56. The molecule has 0 aromatic carbocycles. The summed E-state index contributed by atoms with van der Waals surface area (Å²) in [6, 6.07) is 1.71. The molecule has 0 bridgehead atoms. The number of ether oxygens (including phenoxy) is 2. The molecule has 3 N–H and O–H groups in total. The molecule has 1 saturated heterocycles. The van der Waals surface area contributed by atoms with Gasteiger partial charge >= 0.3 is 0 Å². The van der Waals surface area contributed by atoms with Crippen molar-refractivity contribution < 1.29 is 14.3 Å². The predicted molar refractivity (Wildman–Crippen MR) is 72.6 cm³/mol. The van der Waals surface area contributed by atoms with Crippen molar-refractivity contribution in [1.82, 2.24) is 5.32 Å². The Bertz CT molecular complexity index is 476. The van der Waals surface area contributed by atoms with Crippen molar-refractivity contribution in [3.05, 3.63) is 16.3 Å². The first-order valence-electron chi connectivity index (χ1n) is 6.52. The lowest BCUT2D eigenvalue weighted by Gasteiger charge is -2.52. The second-order valence-corrected chi connectivity index (χ2v) is 5.95. The summed E-state index contributed by atoms with van der Waals surface area (Å²) in [5, 5.41) is 4.83. The number of hydrogen-bond acceptors (Lipinski definition) is 5. The molecule has 4 unspecified atom stereocenters. The van der Waals surface area contributed by atoms with Crippen molar-refractivity contribution >= 4 is 17.2 Å². The number of methoxy groups -OCH3 is 1. The number of hydrogen-bond donors (Lipinski definition) is 2. The Morgan fingerprint density at radius 3 is 3.26 bits per heavy atom. The molecule has 1 aliphatic carbocycles. The molecule has 1 amide bonds. The van der Waals surface area contributed by atoms with Gasteiger partial charge in [0.05, 0.1) is 19.3 Å². The van der Waals surface area contributed by atoms with Crippen LogP contribution in [-0.4, -0.2) is 37.8 Å². The lowest BCUT2D eigenvalue weighted by atomic mass is 9.68. The van der Waals surface area contributed by atoms with Crippen LogP contribution in [0, 0.1) is 5.92 Å². The van der Waals surface area contributed by atoms with Crippen molar-refractivity contribution in [2.45, 2.75) is 31.0 Å². The Hall–Kier alpha value is -1.11. The molecule has 2 aliphatic rings. The summed E-state index contributed by atoms with van der Waals surface area (Å²) >= 11 is 1.37. The molecule has 2 heterocycles. The van der Waals surface area contributed by atoms with Crippen molar-refractivity contribution in [3.63, 3.8) is 0 Å². The number of fused-ring (bicyclic) bond motifs is 1. The monoisotopic (exact) mass is 282 g/mol.